The van der Waals surface area contributed by atoms with E-state index in [-0.39, 0.29) is 0 Å². The average Bonchev–Trinajstić information content (AvgIpc) is 2.34. The van der Waals surface area contributed by atoms with Crippen molar-refractivity contribution in [2.24, 2.45) is 0 Å². The van der Waals surface area contributed by atoms with Crippen molar-refractivity contribution in [3.05, 3.63) is 29.3 Å². The van der Waals surface area contributed by atoms with Crippen LogP contribution in [-0.4, -0.2) is 19.6 Å². The molecule has 2 heteroatoms. The normalized spacial score (nSPS) is 12.5. The molecule has 0 saturated carbocycles. The molecule has 1 unspecified atom stereocenters. The van der Waals surface area contributed by atoms with Gasteiger partial charge < -0.3 is 10.2 Å². The molecular formula is C15H26N2. The lowest BCUT2D eigenvalue weighted by atomic mass is 10.1. The van der Waals surface area contributed by atoms with Crippen LogP contribution >= 0.6 is 0 Å². The molecule has 0 amide bonds. The summed E-state index contributed by atoms with van der Waals surface area (Å²) in [4.78, 5) is 2.38. The van der Waals surface area contributed by atoms with Crippen molar-refractivity contribution < 1.29 is 0 Å². The van der Waals surface area contributed by atoms with Crippen LogP contribution in [0.15, 0.2) is 18.2 Å². The highest BCUT2D eigenvalue weighted by Gasteiger charge is 2.11. The number of benzene rings is 1. The predicted molar refractivity (Wildman–Crippen MR) is 76.7 cm³/mol. The van der Waals surface area contributed by atoms with E-state index in [4.69, 9.17) is 0 Å². The SMILES string of the molecule is CCNCc1cc(C)ccc1N(C)C(C)CC. The Morgan fingerprint density at radius 1 is 1.29 bits per heavy atom. The van der Waals surface area contributed by atoms with Gasteiger partial charge in [-0.05, 0) is 38.4 Å². The van der Waals surface area contributed by atoms with Crippen molar-refractivity contribution in [2.75, 3.05) is 18.5 Å². The minimum atomic E-state index is 0.582. The number of aryl methyl sites for hydroxylation is 1. The summed E-state index contributed by atoms with van der Waals surface area (Å²) in [5.74, 6) is 0. The molecule has 0 aliphatic rings. The highest BCUT2D eigenvalue weighted by Crippen LogP contribution is 2.23. The van der Waals surface area contributed by atoms with E-state index >= 15 is 0 Å². The fourth-order valence-electron chi connectivity index (χ4n) is 1.97. The number of hydrogen-bond donors (Lipinski definition) is 1. The second-order valence-corrected chi connectivity index (χ2v) is 4.78. The molecular weight excluding hydrogens is 208 g/mol. The highest BCUT2D eigenvalue weighted by atomic mass is 15.1. The van der Waals surface area contributed by atoms with E-state index < -0.39 is 0 Å². The summed E-state index contributed by atoms with van der Waals surface area (Å²) < 4.78 is 0. The van der Waals surface area contributed by atoms with Gasteiger partial charge in [0, 0.05) is 25.3 Å². The third kappa shape index (κ3) is 3.74. The van der Waals surface area contributed by atoms with Gasteiger partial charge in [0.1, 0.15) is 0 Å². The van der Waals surface area contributed by atoms with Crippen LogP contribution in [0.3, 0.4) is 0 Å². The number of nitrogens with one attached hydrogen (secondary N) is 1. The molecule has 1 aromatic rings. The first-order chi connectivity index (χ1) is 8.10. The number of rotatable bonds is 6. The molecule has 2 nitrogen and oxygen atoms in total. The maximum Gasteiger partial charge on any atom is 0.0411 e. The summed E-state index contributed by atoms with van der Waals surface area (Å²) >= 11 is 0. The first-order valence-electron chi connectivity index (χ1n) is 6.63. The van der Waals surface area contributed by atoms with E-state index in [0.29, 0.717) is 6.04 Å². The van der Waals surface area contributed by atoms with Crippen molar-refractivity contribution in [1.29, 1.82) is 0 Å². The highest BCUT2D eigenvalue weighted by molar-refractivity contribution is 5.55. The topological polar surface area (TPSA) is 15.3 Å². The smallest absolute Gasteiger partial charge is 0.0411 e. The molecule has 0 aliphatic carbocycles. The van der Waals surface area contributed by atoms with Gasteiger partial charge >= 0.3 is 0 Å². The molecule has 1 N–H and O–H groups in total. The molecule has 0 heterocycles. The summed E-state index contributed by atoms with van der Waals surface area (Å²) in [5.41, 5.74) is 4.08. The second-order valence-electron chi connectivity index (χ2n) is 4.78. The predicted octanol–water partition coefficient (Wildman–Crippen LogP) is 3.34. The Morgan fingerprint density at radius 2 is 2.00 bits per heavy atom. The largest absolute Gasteiger partial charge is 0.372 e. The zero-order chi connectivity index (χ0) is 12.8. The number of anilines is 1. The fourth-order valence-corrected chi connectivity index (χ4v) is 1.97. The van der Waals surface area contributed by atoms with E-state index in [9.17, 15) is 0 Å². The Hall–Kier alpha value is -1.02. The standard InChI is InChI=1S/C15H26N2/c1-6-13(4)17(5)15-9-8-12(3)10-14(15)11-16-7-2/h8-10,13,16H,6-7,11H2,1-5H3. The lowest BCUT2D eigenvalue weighted by Crippen LogP contribution is -2.29. The minimum absolute atomic E-state index is 0.582. The Morgan fingerprint density at radius 3 is 2.59 bits per heavy atom. The van der Waals surface area contributed by atoms with Gasteiger partial charge in [0.25, 0.3) is 0 Å². The summed E-state index contributed by atoms with van der Waals surface area (Å²) in [7, 11) is 2.19. The van der Waals surface area contributed by atoms with Crippen molar-refractivity contribution in [2.45, 2.75) is 46.7 Å². The Kier molecular flexibility index (Phi) is 5.49. The molecule has 0 spiro atoms. The molecule has 0 radical (unpaired) electrons. The third-order valence-corrected chi connectivity index (χ3v) is 3.43. The fraction of sp³-hybridized carbons (Fsp3) is 0.600. The maximum absolute atomic E-state index is 3.42. The quantitative estimate of drug-likeness (QED) is 0.812. The van der Waals surface area contributed by atoms with E-state index in [1.54, 1.807) is 0 Å². The maximum atomic E-state index is 3.42. The van der Waals surface area contributed by atoms with Gasteiger partial charge in [-0.1, -0.05) is 31.5 Å². The molecule has 0 bridgehead atoms. The van der Waals surface area contributed by atoms with Crippen LogP contribution < -0.4 is 10.2 Å². The number of hydrogen-bond acceptors (Lipinski definition) is 2. The molecule has 96 valence electrons. The van der Waals surface area contributed by atoms with Crippen LogP contribution in [-0.2, 0) is 6.54 Å². The first kappa shape index (κ1) is 14.0. The zero-order valence-corrected chi connectivity index (χ0v) is 11.9. The minimum Gasteiger partial charge on any atom is -0.372 e. The van der Waals surface area contributed by atoms with Gasteiger partial charge in [0.2, 0.25) is 0 Å². The Bertz CT molecular complexity index is 347. The van der Waals surface area contributed by atoms with Crippen molar-refractivity contribution in [1.82, 2.24) is 5.32 Å². The van der Waals surface area contributed by atoms with Crippen LogP contribution in [0.4, 0.5) is 5.69 Å². The van der Waals surface area contributed by atoms with Crippen LogP contribution in [0.2, 0.25) is 0 Å². The van der Waals surface area contributed by atoms with Gasteiger partial charge in [-0.3, -0.25) is 0 Å². The van der Waals surface area contributed by atoms with Gasteiger partial charge in [-0.15, -0.1) is 0 Å². The van der Waals surface area contributed by atoms with Crippen LogP contribution in [0.25, 0.3) is 0 Å². The average molecular weight is 234 g/mol. The number of nitrogens with zero attached hydrogens (tertiary/aromatic N) is 1. The molecule has 1 rings (SSSR count). The second kappa shape index (κ2) is 6.65. The van der Waals surface area contributed by atoms with Gasteiger partial charge in [-0.25, -0.2) is 0 Å². The van der Waals surface area contributed by atoms with Crippen LogP contribution in [0.5, 0.6) is 0 Å². The Labute approximate surface area is 106 Å². The molecule has 0 aromatic heterocycles. The van der Waals surface area contributed by atoms with Crippen molar-refractivity contribution >= 4 is 5.69 Å². The Balaban J connectivity index is 2.96. The van der Waals surface area contributed by atoms with E-state index in [0.717, 1.165) is 13.1 Å². The lowest BCUT2D eigenvalue weighted by Gasteiger charge is -2.28. The van der Waals surface area contributed by atoms with E-state index in [2.05, 4.69) is 63.2 Å². The summed E-state index contributed by atoms with van der Waals surface area (Å²) in [6.45, 7) is 10.8. The van der Waals surface area contributed by atoms with Gasteiger partial charge in [0.05, 0.1) is 0 Å². The molecule has 0 fully saturated rings. The van der Waals surface area contributed by atoms with Crippen LogP contribution in [0.1, 0.15) is 38.3 Å². The summed E-state index contributed by atoms with van der Waals surface area (Å²) in [6, 6.07) is 7.31. The molecule has 0 aliphatic heterocycles. The molecule has 1 atom stereocenters. The van der Waals surface area contributed by atoms with E-state index in [1.165, 1.54) is 23.2 Å². The third-order valence-electron chi connectivity index (χ3n) is 3.43. The zero-order valence-electron chi connectivity index (χ0n) is 11.9. The first-order valence-corrected chi connectivity index (χ1v) is 6.63. The summed E-state index contributed by atoms with van der Waals surface area (Å²) in [5, 5.41) is 3.42. The van der Waals surface area contributed by atoms with Gasteiger partial charge in [0.15, 0.2) is 0 Å². The van der Waals surface area contributed by atoms with Crippen LogP contribution in [0, 0.1) is 6.92 Å². The lowest BCUT2D eigenvalue weighted by molar-refractivity contribution is 0.655. The van der Waals surface area contributed by atoms with Gasteiger partial charge in [-0.2, -0.15) is 0 Å². The molecule has 0 saturated heterocycles. The monoisotopic (exact) mass is 234 g/mol. The summed E-state index contributed by atoms with van der Waals surface area (Å²) in [6.07, 6.45) is 1.17. The van der Waals surface area contributed by atoms with E-state index in [1.807, 2.05) is 0 Å². The van der Waals surface area contributed by atoms with Crippen molar-refractivity contribution in [3.8, 4) is 0 Å². The molecule has 17 heavy (non-hydrogen) atoms. The molecule has 1 aromatic carbocycles. The van der Waals surface area contributed by atoms with Crippen molar-refractivity contribution in [3.63, 3.8) is 0 Å².